The van der Waals surface area contributed by atoms with E-state index in [9.17, 15) is 0 Å². The Labute approximate surface area is 73.9 Å². The summed E-state index contributed by atoms with van der Waals surface area (Å²) in [5.74, 6) is 1.73. The van der Waals surface area contributed by atoms with Crippen molar-refractivity contribution in [3.63, 3.8) is 0 Å². The SMILES string of the molecule is S=C1OC(c2ccco2)CS1. The summed E-state index contributed by atoms with van der Waals surface area (Å²) in [6.07, 6.45) is 1.67. The van der Waals surface area contributed by atoms with E-state index < -0.39 is 0 Å². The van der Waals surface area contributed by atoms with Crippen LogP contribution in [0.3, 0.4) is 0 Å². The van der Waals surface area contributed by atoms with Gasteiger partial charge in [-0.25, -0.2) is 0 Å². The summed E-state index contributed by atoms with van der Waals surface area (Å²) in [5, 5.41) is 0. The van der Waals surface area contributed by atoms with Crippen LogP contribution in [0.25, 0.3) is 0 Å². The molecule has 0 bridgehead atoms. The van der Waals surface area contributed by atoms with Crippen molar-refractivity contribution < 1.29 is 9.15 Å². The van der Waals surface area contributed by atoms with Gasteiger partial charge in [0.15, 0.2) is 6.10 Å². The Kier molecular flexibility index (Phi) is 1.87. The first kappa shape index (κ1) is 7.18. The maximum Gasteiger partial charge on any atom is 0.220 e. The van der Waals surface area contributed by atoms with E-state index in [-0.39, 0.29) is 6.10 Å². The molecule has 1 aliphatic heterocycles. The van der Waals surface area contributed by atoms with Gasteiger partial charge in [0.05, 0.1) is 6.26 Å². The molecule has 0 aliphatic carbocycles. The molecule has 1 saturated heterocycles. The fraction of sp³-hybridized carbons (Fsp3) is 0.286. The van der Waals surface area contributed by atoms with E-state index in [4.69, 9.17) is 21.4 Å². The molecule has 58 valence electrons. The molecule has 4 heteroatoms. The van der Waals surface area contributed by atoms with Crippen LogP contribution >= 0.6 is 24.0 Å². The number of furan rings is 1. The van der Waals surface area contributed by atoms with Crippen LogP contribution in [0, 0.1) is 0 Å². The molecule has 0 spiro atoms. The molecule has 11 heavy (non-hydrogen) atoms. The van der Waals surface area contributed by atoms with Crippen LogP contribution in [0.1, 0.15) is 11.9 Å². The summed E-state index contributed by atoms with van der Waals surface area (Å²) in [4.78, 5) is 0. The van der Waals surface area contributed by atoms with Gasteiger partial charge in [0.1, 0.15) is 5.76 Å². The van der Waals surface area contributed by atoms with Crippen molar-refractivity contribution in [1.29, 1.82) is 0 Å². The lowest BCUT2D eigenvalue weighted by molar-refractivity contribution is 0.208. The van der Waals surface area contributed by atoms with Gasteiger partial charge in [-0.1, -0.05) is 11.8 Å². The molecule has 0 amide bonds. The van der Waals surface area contributed by atoms with Crippen molar-refractivity contribution >= 4 is 28.4 Å². The first-order valence-electron chi connectivity index (χ1n) is 3.23. The molecule has 0 saturated carbocycles. The summed E-state index contributed by atoms with van der Waals surface area (Å²) in [7, 11) is 0. The van der Waals surface area contributed by atoms with E-state index in [1.165, 1.54) is 0 Å². The number of ether oxygens (including phenoxy) is 1. The molecule has 1 aliphatic rings. The predicted octanol–water partition coefficient (Wildman–Crippen LogP) is 2.37. The number of hydrogen-bond acceptors (Lipinski definition) is 4. The molecule has 2 nitrogen and oxygen atoms in total. The summed E-state index contributed by atoms with van der Waals surface area (Å²) in [5.41, 5.74) is 0. The average Bonchev–Trinajstić information content (AvgIpc) is 2.55. The van der Waals surface area contributed by atoms with Crippen LogP contribution < -0.4 is 0 Å². The van der Waals surface area contributed by atoms with E-state index in [1.54, 1.807) is 18.0 Å². The van der Waals surface area contributed by atoms with Gasteiger partial charge in [-0.3, -0.25) is 0 Å². The zero-order chi connectivity index (χ0) is 7.68. The Morgan fingerprint density at radius 2 is 2.55 bits per heavy atom. The summed E-state index contributed by atoms with van der Waals surface area (Å²) < 4.78 is 11.1. The van der Waals surface area contributed by atoms with Gasteiger partial charge < -0.3 is 9.15 Å². The highest BCUT2D eigenvalue weighted by Gasteiger charge is 2.24. The lowest BCUT2D eigenvalue weighted by atomic mass is 10.3. The molecule has 1 aromatic heterocycles. The highest BCUT2D eigenvalue weighted by Crippen LogP contribution is 2.31. The zero-order valence-electron chi connectivity index (χ0n) is 5.65. The van der Waals surface area contributed by atoms with E-state index in [0.717, 1.165) is 11.5 Å². The monoisotopic (exact) mass is 186 g/mol. The van der Waals surface area contributed by atoms with Crippen molar-refractivity contribution in [1.82, 2.24) is 0 Å². The van der Waals surface area contributed by atoms with Gasteiger partial charge in [-0.2, -0.15) is 0 Å². The minimum absolute atomic E-state index is 0.0301. The fourth-order valence-electron chi connectivity index (χ4n) is 0.943. The normalized spacial score (nSPS) is 23.6. The van der Waals surface area contributed by atoms with Crippen LogP contribution in [0.5, 0.6) is 0 Å². The standard InChI is InChI=1S/C7H6O2S2/c10-7-9-6(4-11-7)5-2-1-3-8-5/h1-3,6H,4H2. The summed E-state index contributed by atoms with van der Waals surface area (Å²) in [6.45, 7) is 0. The van der Waals surface area contributed by atoms with Gasteiger partial charge in [0, 0.05) is 5.75 Å². The highest BCUT2D eigenvalue weighted by molar-refractivity contribution is 8.22. The Balaban J connectivity index is 2.13. The molecule has 1 fully saturated rings. The Bertz CT molecular complexity index is 255. The number of thiocarbonyl (C=S) groups is 1. The van der Waals surface area contributed by atoms with Gasteiger partial charge in [-0.05, 0) is 24.4 Å². The van der Waals surface area contributed by atoms with E-state index in [2.05, 4.69) is 0 Å². The molecule has 2 rings (SSSR count). The topological polar surface area (TPSA) is 22.4 Å². The van der Waals surface area contributed by atoms with Gasteiger partial charge >= 0.3 is 0 Å². The maximum absolute atomic E-state index is 5.31. The van der Waals surface area contributed by atoms with Gasteiger partial charge in [0.25, 0.3) is 0 Å². The van der Waals surface area contributed by atoms with E-state index in [0.29, 0.717) is 4.38 Å². The molecule has 1 unspecified atom stereocenters. The van der Waals surface area contributed by atoms with Crippen LogP contribution in [0.15, 0.2) is 22.8 Å². The third kappa shape index (κ3) is 1.41. The first-order valence-corrected chi connectivity index (χ1v) is 4.62. The molecular formula is C7H6O2S2. The molecule has 2 heterocycles. The van der Waals surface area contributed by atoms with Gasteiger partial charge in [0.2, 0.25) is 4.38 Å². The van der Waals surface area contributed by atoms with Crippen molar-refractivity contribution in [2.75, 3.05) is 5.75 Å². The van der Waals surface area contributed by atoms with Crippen LogP contribution in [-0.4, -0.2) is 10.1 Å². The Morgan fingerprint density at radius 1 is 1.64 bits per heavy atom. The van der Waals surface area contributed by atoms with Crippen molar-refractivity contribution in [2.45, 2.75) is 6.10 Å². The van der Waals surface area contributed by atoms with Gasteiger partial charge in [-0.15, -0.1) is 0 Å². The highest BCUT2D eigenvalue weighted by atomic mass is 32.2. The molecular weight excluding hydrogens is 180 g/mol. The first-order chi connectivity index (χ1) is 5.36. The maximum atomic E-state index is 5.31. The molecule has 1 aromatic rings. The molecule has 1 atom stereocenters. The second-order valence-electron chi connectivity index (χ2n) is 2.18. The quantitative estimate of drug-likeness (QED) is 0.628. The summed E-state index contributed by atoms with van der Waals surface area (Å²) >= 11 is 6.42. The number of hydrogen-bond donors (Lipinski definition) is 0. The smallest absolute Gasteiger partial charge is 0.220 e. The molecule has 0 N–H and O–H groups in total. The summed E-state index contributed by atoms with van der Waals surface area (Å²) in [6, 6.07) is 3.75. The van der Waals surface area contributed by atoms with Crippen molar-refractivity contribution in [2.24, 2.45) is 0 Å². The predicted molar refractivity (Wildman–Crippen MR) is 47.6 cm³/mol. The minimum Gasteiger partial charge on any atom is -0.466 e. The van der Waals surface area contributed by atoms with Crippen LogP contribution in [0.4, 0.5) is 0 Å². The fourth-order valence-corrected chi connectivity index (χ4v) is 1.97. The number of thioether (sulfide) groups is 1. The van der Waals surface area contributed by atoms with Crippen molar-refractivity contribution in [3.05, 3.63) is 24.2 Å². The van der Waals surface area contributed by atoms with E-state index >= 15 is 0 Å². The second kappa shape index (κ2) is 2.87. The minimum atomic E-state index is 0.0301. The average molecular weight is 186 g/mol. The third-order valence-corrected chi connectivity index (χ3v) is 2.70. The largest absolute Gasteiger partial charge is 0.466 e. The lowest BCUT2D eigenvalue weighted by Gasteiger charge is -2.03. The lowest BCUT2D eigenvalue weighted by Crippen LogP contribution is -1.97. The Hall–Kier alpha value is -0.480. The van der Waals surface area contributed by atoms with Crippen LogP contribution in [0.2, 0.25) is 0 Å². The van der Waals surface area contributed by atoms with Crippen LogP contribution in [-0.2, 0) is 4.74 Å². The molecule has 0 radical (unpaired) electrons. The number of rotatable bonds is 1. The third-order valence-electron chi connectivity index (χ3n) is 1.45. The van der Waals surface area contributed by atoms with Crippen molar-refractivity contribution in [3.8, 4) is 0 Å². The van der Waals surface area contributed by atoms with E-state index in [1.807, 2.05) is 12.1 Å². The Morgan fingerprint density at radius 3 is 3.09 bits per heavy atom. The molecule has 0 aromatic carbocycles. The second-order valence-corrected chi connectivity index (χ2v) is 3.80. The zero-order valence-corrected chi connectivity index (χ0v) is 7.28.